The molecule has 1 atom stereocenters. The van der Waals surface area contributed by atoms with Gasteiger partial charge in [0.1, 0.15) is 18.2 Å². The number of aryl methyl sites for hydroxylation is 1. The molecule has 4 nitrogen and oxygen atoms in total. The second-order valence-corrected chi connectivity index (χ2v) is 6.94. The molecule has 1 saturated heterocycles. The molecule has 1 amide bonds. The number of carbonyl (C=O) groups excluding carboxylic acids is 1. The zero-order valence-electron chi connectivity index (χ0n) is 13.9. The maximum atomic E-state index is 14.0. The fourth-order valence-corrected chi connectivity index (χ4v) is 3.01. The van der Waals surface area contributed by atoms with Crippen LogP contribution in [0, 0.1) is 12.7 Å². The van der Waals surface area contributed by atoms with Crippen molar-refractivity contribution in [1.29, 1.82) is 0 Å². The Morgan fingerprint density at radius 1 is 1.36 bits per heavy atom. The van der Waals surface area contributed by atoms with Crippen LogP contribution in [0.4, 0.5) is 10.1 Å². The van der Waals surface area contributed by atoms with Crippen molar-refractivity contribution >= 4 is 27.5 Å². The fraction of sp³-hybridized carbons (Fsp3) is 0.316. The molecule has 1 unspecified atom stereocenters. The van der Waals surface area contributed by atoms with E-state index in [1.54, 1.807) is 12.1 Å². The maximum absolute atomic E-state index is 14.0. The second kappa shape index (κ2) is 7.97. The Hall–Kier alpha value is -1.92. The summed E-state index contributed by atoms with van der Waals surface area (Å²) in [6.45, 7) is 3.13. The molecular weight excluding hydrogens is 389 g/mol. The van der Waals surface area contributed by atoms with E-state index in [2.05, 4.69) is 21.2 Å². The highest BCUT2D eigenvalue weighted by atomic mass is 79.9. The van der Waals surface area contributed by atoms with Crippen LogP contribution in [0.15, 0.2) is 40.9 Å². The van der Waals surface area contributed by atoms with E-state index in [0.717, 1.165) is 25.0 Å². The minimum Gasteiger partial charge on any atom is -0.489 e. The molecule has 1 N–H and O–H groups in total. The van der Waals surface area contributed by atoms with Crippen molar-refractivity contribution in [3.8, 4) is 5.75 Å². The van der Waals surface area contributed by atoms with Gasteiger partial charge < -0.3 is 14.8 Å². The largest absolute Gasteiger partial charge is 0.489 e. The molecular formula is C19H19BrFNO3. The number of amides is 1. The third-order valence-electron chi connectivity index (χ3n) is 4.01. The number of halogens is 2. The monoisotopic (exact) mass is 407 g/mol. The van der Waals surface area contributed by atoms with Crippen molar-refractivity contribution in [1.82, 2.24) is 0 Å². The van der Waals surface area contributed by atoms with Crippen molar-refractivity contribution in [3.05, 3.63) is 57.8 Å². The van der Waals surface area contributed by atoms with Crippen molar-refractivity contribution in [2.24, 2.45) is 0 Å². The minimum atomic E-state index is -0.583. The van der Waals surface area contributed by atoms with Crippen molar-refractivity contribution in [2.75, 3.05) is 18.5 Å². The molecule has 3 rings (SSSR count). The molecule has 0 aromatic heterocycles. The van der Waals surface area contributed by atoms with Gasteiger partial charge in [0, 0.05) is 11.1 Å². The van der Waals surface area contributed by atoms with Crippen LogP contribution in [0.25, 0.3) is 0 Å². The smallest absolute Gasteiger partial charge is 0.258 e. The average molecular weight is 408 g/mol. The first-order chi connectivity index (χ1) is 12.0. The van der Waals surface area contributed by atoms with E-state index in [0.29, 0.717) is 22.5 Å². The first-order valence-electron chi connectivity index (χ1n) is 8.14. The van der Waals surface area contributed by atoms with Gasteiger partial charge in [0.25, 0.3) is 5.91 Å². The van der Waals surface area contributed by atoms with Gasteiger partial charge in [-0.1, -0.05) is 22.0 Å². The van der Waals surface area contributed by atoms with Crippen LogP contribution in [0.5, 0.6) is 5.75 Å². The quantitative estimate of drug-likeness (QED) is 0.780. The molecule has 2 aromatic rings. The van der Waals surface area contributed by atoms with E-state index < -0.39 is 11.7 Å². The molecule has 1 aliphatic rings. The highest BCUT2D eigenvalue weighted by Gasteiger charge is 2.18. The highest BCUT2D eigenvalue weighted by Crippen LogP contribution is 2.28. The Morgan fingerprint density at radius 3 is 2.92 bits per heavy atom. The molecule has 0 bridgehead atoms. The number of nitrogens with one attached hydrogen (secondary N) is 1. The Labute approximate surface area is 154 Å². The molecule has 1 fully saturated rings. The van der Waals surface area contributed by atoms with Crippen LogP contribution in [0.2, 0.25) is 0 Å². The lowest BCUT2D eigenvalue weighted by molar-refractivity contribution is 0.0681. The fourth-order valence-electron chi connectivity index (χ4n) is 2.67. The van der Waals surface area contributed by atoms with E-state index in [1.807, 2.05) is 19.1 Å². The van der Waals surface area contributed by atoms with Crippen molar-refractivity contribution in [2.45, 2.75) is 25.9 Å². The molecule has 2 aromatic carbocycles. The third-order valence-corrected chi connectivity index (χ3v) is 4.50. The molecule has 1 aliphatic heterocycles. The van der Waals surface area contributed by atoms with Gasteiger partial charge >= 0.3 is 0 Å². The topological polar surface area (TPSA) is 47.6 Å². The van der Waals surface area contributed by atoms with Gasteiger partial charge in [-0.2, -0.15) is 0 Å². The zero-order valence-corrected chi connectivity index (χ0v) is 15.4. The van der Waals surface area contributed by atoms with Gasteiger partial charge in [-0.3, -0.25) is 4.79 Å². The van der Waals surface area contributed by atoms with Gasteiger partial charge in [0.05, 0.1) is 17.4 Å². The zero-order chi connectivity index (χ0) is 17.8. The average Bonchev–Trinajstić information content (AvgIpc) is 3.08. The SMILES string of the molecule is Cc1ccc(NC(=O)c2ccc(Br)cc2F)c(OCC2CCCO2)c1. The van der Waals surface area contributed by atoms with Gasteiger partial charge in [-0.15, -0.1) is 0 Å². The number of hydrogen-bond donors (Lipinski definition) is 1. The number of anilines is 1. The van der Waals surface area contributed by atoms with Crippen molar-refractivity contribution in [3.63, 3.8) is 0 Å². The van der Waals surface area contributed by atoms with E-state index in [1.165, 1.54) is 12.1 Å². The Morgan fingerprint density at radius 2 is 2.20 bits per heavy atom. The van der Waals surface area contributed by atoms with Gasteiger partial charge in [0.15, 0.2) is 0 Å². The molecule has 0 aliphatic carbocycles. The van der Waals surface area contributed by atoms with E-state index >= 15 is 0 Å². The normalized spacial score (nSPS) is 16.7. The number of hydrogen-bond acceptors (Lipinski definition) is 3. The molecule has 0 spiro atoms. The van der Waals surface area contributed by atoms with Gasteiger partial charge in [-0.05, 0) is 55.7 Å². The lowest BCUT2D eigenvalue weighted by Crippen LogP contribution is -2.18. The predicted molar refractivity (Wildman–Crippen MR) is 97.7 cm³/mol. The van der Waals surface area contributed by atoms with E-state index in [9.17, 15) is 9.18 Å². The molecule has 0 radical (unpaired) electrons. The first-order valence-corrected chi connectivity index (χ1v) is 8.93. The molecule has 6 heteroatoms. The van der Waals surface area contributed by atoms with Crippen LogP contribution < -0.4 is 10.1 Å². The lowest BCUT2D eigenvalue weighted by Gasteiger charge is -2.16. The summed E-state index contributed by atoms with van der Waals surface area (Å²) >= 11 is 3.18. The van der Waals surface area contributed by atoms with Crippen LogP contribution in [0.1, 0.15) is 28.8 Å². The molecule has 132 valence electrons. The van der Waals surface area contributed by atoms with Crippen molar-refractivity contribution < 1.29 is 18.7 Å². The van der Waals surface area contributed by atoms with Gasteiger partial charge in [-0.25, -0.2) is 4.39 Å². The Bertz CT molecular complexity index is 775. The summed E-state index contributed by atoms with van der Waals surface area (Å²) in [7, 11) is 0. The standard InChI is InChI=1S/C19H19BrFNO3/c1-12-4-7-17(18(9-12)25-11-14-3-2-8-24-14)22-19(23)15-6-5-13(20)10-16(15)21/h4-7,9-10,14H,2-3,8,11H2,1H3,(H,22,23). The van der Waals surface area contributed by atoms with E-state index in [-0.39, 0.29) is 11.7 Å². The third kappa shape index (κ3) is 4.58. The lowest BCUT2D eigenvalue weighted by atomic mass is 10.1. The predicted octanol–water partition coefficient (Wildman–Crippen LogP) is 4.71. The van der Waals surface area contributed by atoms with Crippen LogP contribution in [-0.2, 0) is 4.74 Å². The molecule has 1 heterocycles. The number of benzene rings is 2. The Balaban J connectivity index is 1.75. The summed E-state index contributed by atoms with van der Waals surface area (Å²) in [5, 5.41) is 2.73. The highest BCUT2D eigenvalue weighted by molar-refractivity contribution is 9.10. The summed E-state index contributed by atoms with van der Waals surface area (Å²) in [5.41, 5.74) is 1.50. The number of ether oxygens (including phenoxy) is 2. The van der Waals surface area contributed by atoms with Gasteiger partial charge in [0.2, 0.25) is 0 Å². The number of carbonyl (C=O) groups is 1. The molecule has 0 saturated carbocycles. The number of rotatable bonds is 5. The second-order valence-electron chi connectivity index (χ2n) is 6.02. The minimum absolute atomic E-state index is 0.0196. The summed E-state index contributed by atoms with van der Waals surface area (Å²) in [5.74, 6) is -0.544. The first kappa shape index (κ1) is 17.9. The Kier molecular flexibility index (Phi) is 5.71. The molecule has 25 heavy (non-hydrogen) atoms. The summed E-state index contributed by atoms with van der Waals surface area (Å²) in [6.07, 6.45) is 2.08. The summed E-state index contributed by atoms with van der Waals surface area (Å²) < 4.78 is 26.0. The van der Waals surface area contributed by atoms with Crippen LogP contribution >= 0.6 is 15.9 Å². The summed E-state index contributed by atoms with van der Waals surface area (Å²) in [6, 6.07) is 9.81. The summed E-state index contributed by atoms with van der Waals surface area (Å²) in [4.78, 5) is 12.4. The van der Waals surface area contributed by atoms with Crippen LogP contribution in [0.3, 0.4) is 0 Å². The van der Waals surface area contributed by atoms with E-state index in [4.69, 9.17) is 9.47 Å². The maximum Gasteiger partial charge on any atom is 0.258 e. The van der Waals surface area contributed by atoms with Crippen LogP contribution in [-0.4, -0.2) is 25.2 Å².